The van der Waals surface area contributed by atoms with E-state index in [9.17, 15) is 8.42 Å². The third kappa shape index (κ3) is 3.39. The molecule has 2 rings (SSSR count). The number of methoxy groups -OCH3 is 1. The van der Waals surface area contributed by atoms with Crippen LogP contribution in [0.15, 0.2) is 32.0 Å². The molecule has 106 valence electrons. The first-order chi connectivity index (χ1) is 8.95. The second-order valence-electron chi connectivity index (χ2n) is 4.55. The molecule has 0 aliphatic carbocycles. The predicted molar refractivity (Wildman–Crippen MR) is 80.6 cm³/mol. The van der Waals surface area contributed by atoms with Crippen LogP contribution in [0.25, 0.3) is 0 Å². The fraction of sp³-hybridized carbons (Fsp3) is 0.500. The summed E-state index contributed by atoms with van der Waals surface area (Å²) < 4.78 is 33.2. The van der Waals surface area contributed by atoms with Crippen molar-refractivity contribution < 1.29 is 13.2 Å². The summed E-state index contributed by atoms with van der Waals surface area (Å²) in [7, 11) is -1.80. The van der Waals surface area contributed by atoms with Gasteiger partial charge in [0.25, 0.3) is 0 Å². The predicted octanol–water partition coefficient (Wildman–Crippen LogP) is 2.87. The molecule has 1 aliphatic heterocycles. The highest BCUT2D eigenvalue weighted by Crippen LogP contribution is 2.31. The Kier molecular flexibility index (Phi) is 5.05. The van der Waals surface area contributed by atoms with Gasteiger partial charge in [0.1, 0.15) is 0 Å². The fourth-order valence-corrected chi connectivity index (χ4v) is 5.20. The zero-order chi connectivity index (χ0) is 14.0. The van der Waals surface area contributed by atoms with Gasteiger partial charge >= 0.3 is 0 Å². The van der Waals surface area contributed by atoms with Gasteiger partial charge in [-0.2, -0.15) is 4.31 Å². The van der Waals surface area contributed by atoms with E-state index in [1.165, 1.54) is 4.31 Å². The molecule has 1 aromatic rings. The number of hydrogen-bond acceptors (Lipinski definition) is 3. The fourth-order valence-electron chi connectivity index (χ4n) is 2.20. The van der Waals surface area contributed by atoms with E-state index >= 15 is 0 Å². The molecule has 0 aromatic heterocycles. The van der Waals surface area contributed by atoms with Crippen molar-refractivity contribution in [3.8, 4) is 0 Å². The van der Waals surface area contributed by atoms with Crippen molar-refractivity contribution in [2.45, 2.75) is 11.3 Å². The topological polar surface area (TPSA) is 46.6 Å². The summed E-state index contributed by atoms with van der Waals surface area (Å²) in [6.07, 6.45) is 0.846. The van der Waals surface area contributed by atoms with Crippen LogP contribution in [-0.2, 0) is 14.8 Å². The van der Waals surface area contributed by atoms with Crippen molar-refractivity contribution in [1.82, 2.24) is 4.31 Å². The lowest BCUT2D eigenvalue weighted by Gasteiger charge is -2.17. The number of hydrogen-bond donors (Lipinski definition) is 0. The number of ether oxygens (including phenoxy) is 1. The first-order valence-electron chi connectivity index (χ1n) is 5.89. The molecule has 7 heteroatoms. The minimum absolute atomic E-state index is 0.283. The van der Waals surface area contributed by atoms with Crippen molar-refractivity contribution in [2.24, 2.45) is 5.92 Å². The SMILES string of the molecule is COCC1CCN(S(=O)(=O)c2cc(Br)ccc2Br)C1. The van der Waals surface area contributed by atoms with Gasteiger partial charge in [0.05, 0.1) is 11.5 Å². The van der Waals surface area contributed by atoms with Crippen LogP contribution >= 0.6 is 31.9 Å². The van der Waals surface area contributed by atoms with Gasteiger partial charge in [-0.25, -0.2) is 8.42 Å². The average molecular weight is 413 g/mol. The molecular weight excluding hydrogens is 398 g/mol. The quantitative estimate of drug-likeness (QED) is 0.763. The van der Waals surface area contributed by atoms with E-state index in [0.717, 1.165) is 10.9 Å². The molecule has 1 unspecified atom stereocenters. The van der Waals surface area contributed by atoms with E-state index in [2.05, 4.69) is 31.9 Å². The Morgan fingerprint density at radius 2 is 2.16 bits per heavy atom. The third-order valence-corrected chi connectivity index (χ3v) is 6.51. The lowest BCUT2D eigenvalue weighted by molar-refractivity contribution is 0.157. The van der Waals surface area contributed by atoms with Crippen LogP contribution in [0.4, 0.5) is 0 Å². The molecule has 1 fully saturated rings. The second-order valence-corrected chi connectivity index (χ2v) is 8.22. The third-order valence-electron chi connectivity index (χ3n) is 3.16. The van der Waals surface area contributed by atoms with Gasteiger partial charge in [0, 0.05) is 29.1 Å². The maximum Gasteiger partial charge on any atom is 0.244 e. The van der Waals surface area contributed by atoms with Crippen LogP contribution in [-0.4, -0.2) is 39.5 Å². The molecule has 19 heavy (non-hydrogen) atoms. The molecule has 1 aromatic carbocycles. The zero-order valence-corrected chi connectivity index (χ0v) is 14.5. The van der Waals surface area contributed by atoms with Gasteiger partial charge < -0.3 is 4.74 Å². The molecule has 0 N–H and O–H groups in total. The monoisotopic (exact) mass is 411 g/mol. The maximum absolute atomic E-state index is 12.6. The molecular formula is C12H15Br2NO3S. The summed E-state index contributed by atoms with van der Waals surface area (Å²) in [4.78, 5) is 0.306. The molecule has 0 bridgehead atoms. The summed E-state index contributed by atoms with van der Waals surface area (Å²) in [5, 5.41) is 0. The molecule has 1 heterocycles. The Morgan fingerprint density at radius 1 is 1.42 bits per heavy atom. The Balaban J connectivity index is 2.26. The Labute approximate surface area is 130 Å². The Hall–Kier alpha value is 0.0500. The van der Waals surface area contributed by atoms with E-state index in [0.29, 0.717) is 29.1 Å². The molecule has 0 radical (unpaired) electrons. The van der Waals surface area contributed by atoms with Crippen LogP contribution in [0.1, 0.15) is 6.42 Å². The number of sulfonamides is 1. The average Bonchev–Trinajstić information content (AvgIpc) is 2.82. The normalized spacial score (nSPS) is 20.9. The molecule has 1 saturated heterocycles. The largest absolute Gasteiger partial charge is 0.384 e. The van der Waals surface area contributed by atoms with Crippen molar-refractivity contribution in [3.63, 3.8) is 0 Å². The van der Waals surface area contributed by atoms with Gasteiger partial charge in [-0.15, -0.1) is 0 Å². The molecule has 4 nitrogen and oxygen atoms in total. The van der Waals surface area contributed by atoms with Gasteiger partial charge in [-0.1, -0.05) is 15.9 Å². The molecule has 0 amide bonds. The van der Waals surface area contributed by atoms with Gasteiger partial charge in [-0.3, -0.25) is 0 Å². The van der Waals surface area contributed by atoms with Crippen LogP contribution in [0.5, 0.6) is 0 Å². The number of halogens is 2. The van der Waals surface area contributed by atoms with Crippen LogP contribution in [0.2, 0.25) is 0 Å². The van der Waals surface area contributed by atoms with Crippen molar-refractivity contribution >= 4 is 41.9 Å². The summed E-state index contributed by atoms with van der Waals surface area (Å²) in [5.74, 6) is 0.283. The van der Waals surface area contributed by atoms with Crippen LogP contribution in [0, 0.1) is 5.92 Å². The van der Waals surface area contributed by atoms with Crippen LogP contribution < -0.4 is 0 Å². The number of rotatable bonds is 4. The highest BCUT2D eigenvalue weighted by Gasteiger charge is 2.33. The number of benzene rings is 1. The summed E-state index contributed by atoms with van der Waals surface area (Å²) in [5.41, 5.74) is 0. The second kappa shape index (κ2) is 6.22. The first kappa shape index (κ1) is 15.4. The minimum Gasteiger partial charge on any atom is -0.384 e. The van der Waals surface area contributed by atoms with Crippen molar-refractivity contribution in [1.29, 1.82) is 0 Å². The van der Waals surface area contributed by atoms with Gasteiger partial charge in [0.15, 0.2) is 0 Å². The summed E-state index contributed by atoms with van der Waals surface area (Å²) in [6, 6.07) is 5.17. The molecule has 0 spiro atoms. The highest BCUT2D eigenvalue weighted by atomic mass is 79.9. The Morgan fingerprint density at radius 3 is 2.84 bits per heavy atom. The summed E-state index contributed by atoms with van der Waals surface area (Å²) >= 11 is 6.62. The van der Waals surface area contributed by atoms with E-state index in [1.807, 2.05) is 0 Å². The zero-order valence-electron chi connectivity index (χ0n) is 10.5. The van der Waals surface area contributed by atoms with E-state index in [1.54, 1.807) is 25.3 Å². The molecule has 1 aliphatic rings. The van der Waals surface area contributed by atoms with Crippen LogP contribution in [0.3, 0.4) is 0 Å². The highest BCUT2D eigenvalue weighted by molar-refractivity contribution is 9.11. The standard InChI is InChI=1S/C12H15Br2NO3S/c1-18-8-9-4-5-15(7-9)19(16,17)12-6-10(13)2-3-11(12)14/h2-3,6,9H,4-5,7-8H2,1H3. The minimum atomic E-state index is -3.44. The maximum atomic E-state index is 12.6. The van der Waals surface area contributed by atoms with Gasteiger partial charge in [0.2, 0.25) is 10.0 Å². The van der Waals surface area contributed by atoms with E-state index < -0.39 is 10.0 Å². The van der Waals surface area contributed by atoms with Crippen molar-refractivity contribution in [3.05, 3.63) is 27.1 Å². The molecule has 1 atom stereocenters. The van der Waals surface area contributed by atoms with Gasteiger partial charge in [-0.05, 0) is 46.5 Å². The van der Waals surface area contributed by atoms with E-state index in [4.69, 9.17) is 4.74 Å². The van der Waals surface area contributed by atoms with Crippen molar-refractivity contribution in [2.75, 3.05) is 26.8 Å². The Bertz CT molecular complexity index is 562. The van der Waals surface area contributed by atoms with E-state index in [-0.39, 0.29) is 5.92 Å². The lowest BCUT2D eigenvalue weighted by Crippen LogP contribution is -2.29. The first-order valence-corrected chi connectivity index (χ1v) is 8.92. The number of nitrogens with zero attached hydrogens (tertiary/aromatic N) is 1. The smallest absolute Gasteiger partial charge is 0.244 e. The summed E-state index contributed by atoms with van der Waals surface area (Å²) in [6.45, 7) is 1.68. The lowest BCUT2D eigenvalue weighted by atomic mass is 10.1. The molecule has 0 saturated carbocycles.